The molecule has 1 aliphatic rings. The zero-order valence-corrected chi connectivity index (χ0v) is 27.3. The van der Waals surface area contributed by atoms with Crippen LogP contribution in [0.15, 0.2) is 58.1 Å². The Balaban J connectivity index is 0.000000244. The number of aromatic nitrogens is 5. The summed E-state index contributed by atoms with van der Waals surface area (Å²) in [7, 11) is 1.45. The van der Waals surface area contributed by atoms with Gasteiger partial charge in [-0.25, -0.2) is 15.0 Å². The highest BCUT2D eigenvalue weighted by atomic mass is 19.4. The van der Waals surface area contributed by atoms with Gasteiger partial charge < -0.3 is 25.3 Å². The standard InChI is InChI=1S/C22H22F4N6O2.C11H9F3N2O2/c1-27-20(33)15-4-5-18(19(23)29-15)32-8-6-31(7-9-32)12-13-2-3-14-16(10-13)30-21(34)17(28-14)11-22(24,25)26;12-11(13,14)4-9-10(18)16-8-3-6(5-17)1-2-7(8)15-9/h2-5,10H,6-9,11-12H2,1H3,(H,27,33)(H,30,34);1-3,17H,4-5H2,(H,16,18). The van der Waals surface area contributed by atoms with E-state index in [2.05, 4.69) is 35.1 Å². The third-order valence-corrected chi connectivity index (χ3v) is 7.98. The second kappa shape index (κ2) is 15.4. The van der Waals surface area contributed by atoms with Gasteiger partial charge >= 0.3 is 12.4 Å². The Kier molecular flexibility index (Phi) is 11.2. The van der Waals surface area contributed by atoms with Crippen molar-refractivity contribution < 1.29 is 40.6 Å². The number of carbonyl (C=O) groups is 1. The van der Waals surface area contributed by atoms with Crippen molar-refractivity contribution in [3.05, 3.63) is 103 Å². The van der Waals surface area contributed by atoms with Crippen LogP contribution in [0.5, 0.6) is 0 Å². The second-order valence-electron chi connectivity index (χ2n) is 11.8. The highest BCUT2D eigenvalue weighted by molar-refractivity contribution is 5.92. The highest BCUT2D eigenvalue weighted by Gasteiger charge is 2.31. The van der Waals surface area contributed by atoms with Gasteiger partial charge in [0.25, 0.3) is 17.0 Å². The molecule has 1 fully saturated rings. The Morgan fingerprint density at radius 2 is 1.31 bits per heavy atom. The molecule has 276 valence electrons. The van der Waals surface area contributed by atoms with E-state index in [1.165, 1.54) is 31.3 Å². The lowest BCUT2D eigenvalue weighted by atomic mass is 10.1. The minimum absolute atomic E-state index is 0.0109. The number of H-pyrrole nitrogens is 2. The largest absolute Gasteiger partial charge is 0.394 e. The molecular formula is C33H31F7N8O4. The summed E-state index contributed by atoms with van der Waals surface area (Å²) < 4.78 is 89.0. The van der Waals surface area contributed by atoms with Crippen molar-refractivity contribution in [2.24, 2.45) is 0 Å². The summed E-state index contributed by atoms with van der Waals surface area (Å²) in [6.07, 6.45) is -11.7. The molecule has 1 aliphatic heterocycles. The van der Waals surface area contributed by atoms with Crippen molar-refractivity contribution >= 4 is 33.7 Å². The number of halogens is 7. The molecule has 1 amide bonds. The van der Waals surface area contributed by atoms with E-state index >= 15 is 0 Å². The van der Waals surface area contributed by atoms with Gasteiger partial charge in [0.1, 0.15) is 17.1 Å². The number of rotatable bonds is 7. The Bertz CT molecular complexity index is 2200. The predicted octanol–water partition coefficient (Wildman–Crippen LogP) is 3.76. The molecule has 0 bridgehead atoms. The molecule has 12 nitrogen and oxygen atoms in total. The molecule has 0 spiro atoms. The third-order valence-electron chi connectivity index (χ3n) is 7.98. The second-order valence-corrected chi connectivity index (χ2v) is 11.8. The predicted molar refractivity (Wildman–Crippen MR) is 175 cm³/mol. The van der Waals surface area contributed by atoms with Crippen LogP contribution in [0.1, 0.15) is 33.0 Å². The van der Waals surface area contributed by atoms with E-state index in [0.29, 0.717) is 55.0 Å². The molecule has 1 saturated heterocycles. The summed E-state index contributed by atoms with van der Waals surface area (Å²) in [4.78, 5) is 55.2. The summed E-state index contributed by atoms with van der Waals surface area (Å²) in [5, 5.41) is 11.3. The van der Waals surface area contributed by atoms with E-state index in [9.17, 15) is 45.1 Å². The maximum Gasteiger partial charge on any atom is 0.394 e. The molecule has 0 unspecified atom stereocenters. The molecule has 0 saturated carbocycles. The molecular weight excluding hydrogens is 705 g/mol. The van der Waals surface area contributed by atoms with Crippen LogP contribution >= 0.6 is 0 Å². The molecule has 2 aromatic carbocycles. The number of aliphatic hydroxyl groups excluding tert-OH is 1. The van der Waals surface area contributed by atoms with E-state index in [1.54, 1.807) is 24.3 Å². The average Bonchev–Trinajstić information content (AvgIpc) is 3.08. The normalized spacial score (nSPS) is 14.0. The number of hydrogen-bond acceptors (Lipinski definition) is 9. The minimum atomic E-state index is -4.51. The Morgan fingerprint density at radius 1 is 0.788 bits per heavy atom. The number of benzene rings is 2. The van der Waals surface area contributed by atoms with Crippen molar-refractivity contribution in [1.29, 1.82) is 0 Å². The van der Waals surface area contributed by atoms with Gasteiger partial charge in [-0.3, -0.25) is 19.3 Å². The summed E-state index contributed by atoms with van der Waals surface area (Å²) in [6.45, 7) is 2.69. The van der Waals surface area contributed by atoms with Crippen LogP contribution in [0.2, 0.25) is 0 Å². The molecule has 0 atom stereocenters. The maximum atomic E-state index is 14.4. The monoisotopic (exact) mass is 736 g/mol. The molecule has 4 heterocycles. The molecule has 19 heteroatoms. The average molecular weight is 737 g/mol. The molecule has 5 aromatic rings. The first kappa shape index (κ1) is 37.8. The van der Waals surface area contributed by atoms with E-state index in [4.69, 9.17) is 5.11 Å². The molecule has 0 radical (unpaired) electrons. The van der Waals surface area contributed by atoms with Gasteiger partial charge in [0, 0.05) is 39.8 Å². The zero-order valence-electron chi connectivity index (χ0n) is 27.3. The highest BCUT2D eigenvalue weighted by Crippen LogP contribution is 2.23. The number of alkyl halides is 6. The minimum Gasteiger partial charge on any atom is -0.392 e. The van der Waals surface area contributed by atoms with Crippen molar-refractivity contribution in [3.63, 3.8) is 0 Å². The number of aromatic amines is 2. The fourth-order valence-corrected chi connectivity index (χ4v) is 5.48. The molecule has 52 heavy (non-hydrogen) atoms. The number of anilines is 1. The lowest BCUT2D eigenvalue weighted by Crippen LogP contribution is -2.46. The van der Waals surface area contributed by atoms with Gasteiger partial charge in [0.2, 0.25) is 5.95 Å². The first-order chi connectivity index (χ1) is 24.5. The van der Waals surface area contributed by atoms with Crippen molar-refractivity contribution in [2.75, 3.05) is 38.1 Å². The smallest absolute Gasteiger partial charge is 0.392 e. The molecule has 6 rings (SSSR count). The fraction of sp³-hybridized carbons (Fsp3) is 0.333. The van der Waals surface area contributed by atoms with Gasteiger partial charge in [-0.05, 0) is 47.5 Å². The summed E-state index contributed by atoms with van der Waals surface area (Å²) >= 11 is 0. The summed E-state index contributed by atoms with van der Waals surface area (Å²) in [5.74, 6) is -1.16. The number of aliphatic hydroxyl groups is 1. The summed E-state index contributed by atoms with van der Waals surface area (Å²) in [6, 6.07) is 12.5. The number of fused-ring (bicyclic) bond motifs is 2. The Hall–Kier alpha value is -5.43. The maximum absolute atomic E-state index is 14.4. The SMILES string of the molecule is CNC(=O)c1ccc(N2CCN(Cc3ccc4nc(CC(F)(F)F)c(=O)[nH]c4c3)CC2)c(F)n1.O=c1[nH]c2cc(CO)ccc2nc1CC(F)(F)F. The Morgan fingerprint density at radius 3 is 1.79 bits per heavy atom. The third kappa shape index (κ3) is 9.66. The van der Waals surface area contributed by atoms with Crippen molar-refractivity contribution in [2.45, 2.75) is 38.3 Å². The van der Waals surface area contributed by atoms with Crippen LogP contribution in [0.4, 0.5) is 36.4 Å². The van der Waals surface area contributed by atoms with Crippen LogP contribution < -0.4 is 21.3 Å². The van der Waals surface area contributed by atoms with Gasteiger partial charge in [-0.2, -0.15) is 30.7 Å². The lowest BCUT2D eigenvalue weighted by molar-refractivity contribution is -0.129. The number of nitrogens with one attached hydrogen (secondary N) is 3. The number of amides is 1. The first-order valence-electron chi connectivity index (χ1n) is 15.7. The van der Waals surface area contributed by atoms with E-state index < -0.39 is 59.6 Å². The van der Waals surface area contributed by atoms with Gasteiger partial charge in [-0.15, -0.1) is 0 Å². The van der Waals surface area contributed by atoms with Gasteiger partial charge in [0.05, 0.1) is 47.2 Å². The topological polar surface area (TPSA) is 160 Å². The van der Waals surface area contributed by atoms with Crippen molar-refractivity contribution in [1.82, 2.24) is 35.1 Å². The summed E-state index contributed by atoms with van der Waals surface area (Å²) in [5.41, 5.74) is 0.126. The number of hydrogen-bond donors (Lipinski definition) is 4. The van der Waals surface area contributed by atoms with Crippen LogP contribution in [0.25, 0.3) is 22.1 Å². The van der Waals surface area contributed by atoms with Crippen LogP contribution in [-0.2, 0) is 26.0 Å². The lowest BCUT2D eigenvalue weighted by Gasteiger charge is -2.36. The first-order valence-corrected chi connectivity index (χ1v) is 15.7. The van der Waals surface area contributed by atoms with E-state index in [-0.39, 0.29) is 23.3 Å². The van der Waals surface area contributed by atoms with Crippen LogP contribution in [0.3, 0.4) is 0 Å². The van der Waals surface area contributed by atoms with Crippen molar-refractivity contribution in [3.8, 4) is 0 Å². The quantitative estimate of drug-likeness (QED) is 0.144. The number of carbonyl (C=O) groups excluding carboxylic acids is 1. The molecule has 3 aromatic heterocycles. The number of pyridine rings is 1. The van der Waals surface area contributed by atoms with Crippen LogP contribution in [-0.4, -0.2) is 86.4 Å². The molecule has 0 aliphatic carbocycles. The van der Waals surface area contributed by atoms with Gasteiger partial charge in [-0.1, -0.05) is 12.1 Å². The fourth-order valence-electron chi connectivity index (χ4n) is 5.48. The number of nitrogens with zero attached hydrogens (tertiary/aromatic N) is 5. The van der Waals surface area contributed by atoms with Crippen LogP contribution in [0, 0.1) is 5.95 Å². The van der Waals surface area contributed by atoms with E-state index in [0.717, 1.165) is 5.56 Å². The zero-order chi connectivity index (χ0) is 37.8. The van der Waals surface area contributed by atoms with E-state index in [1.807, 2.05) is 4.90 Å². The van der Waals surface area contributed by atoms with Gasteiger partial charge in [0.15, 0.2) is 0 Å². The Labute approximate surface area is 289 Å². The molecule has 4 N–H and O–H groups in total. The number of piperazine rings is 1.